The average Bonchev–Trinajstić information content (AvgIpc) is 2.99. The number of aromatic amines is 1. The van der Waals surface area contributed by atoms with Gasteiger partial charge in [0.1, 0.15) is 0 Å². The van der Waals surface area contributed by atoms with Crippen LogP contribution in [0.25, 0.3) is 10.9 Å². The number of nitrogens with one attached hydrogen (secondary N) is 1. The Morgan fingerprint density at radius 1 is 1.39 bits per heavy atom. The molecule has 2 N–H and O–H groups in total. The topological polar surface area (TPSA) is 59.6 Å². The van der Waals surface area contributed by atoms with Gasteiger partial charge in [0.25, 0.3) is 5.91 Å². The summed E-state index contributed by atoms with van der Waals surface area (Å²) in [5.41, 5.74) is 3.26. The number of amides is 1. The number of carbonyl (C=O) groups is 1. The molecule has 0 aliphatic carbocycles. The van der Waals surface area contributed by atoms with Crippen LogP contribution in [0.4, 0.5) is 0 Å². The molecule has 2 aromatic rings. The lowest BCUT2D eigenvalue weighted by Crippen LogP contribution is -2.43. The van der Waals surface area contributed by atoms with Crippen LogP contribution in [-0.4, -0.2) is 65.1 Å². The zero-order valence-electron chi connectivity index (χ0n) is 14.3. The number of β-amino-alcohol motifs (C(OH)–C–C–N with tert-alkyl or cyclic N) is 1. The van der Waals surface area contributed by atoms with Crippen molar-refractivity contribution in [2.45, 2.75) is 25.9 Å². The Labute approximate surface area is 136 Å². The molecular formula is C18H25N3O2. The number of hydrogen-bond acceptors (Lipinski definition) is 3. The van der Waals surface area contributed by atoms with Gasteiger partial charge in [-0.1, -0.05) is 0 Å². The second-order valence-electron chi connectivity index (χ2n) is 7.07. The molecule has 1 aliphatic rings. The summed E-state index contributed by atoms with van der Waals surface area (Å²) in [6.07, 6.45) is 0.626. The minimum Gasteiger partial charge on any atom is -0.387 e. The van der Waals surface area contributed by atoms with Gasteiger partial charge in [-0.15, -0.1) is 0 Å². The molecular weight excluding hydrogens is 290 g/mol. The van der Waals surface area contributed by atoms with E-state index in [1.54, 1.807) is 4.90 Å². The highest BCUT2D eigenvalue weighted by Crippen LogP contribution is 2.26. The normalized spacial score (nSPS) is 21.6. The van der Waals surface area contributed by atoms with Gasteiger partial charge < -0.3 is 19.9 Å². The van der Waals surface area contributed by atoms with Crippen molar-refractivity contribution in [3.8, 4) is 0 Å². The summed E-state index contributed by atoms with van der Waals surface area (Å²) in [5, 5.41) is 11.7. The summed E-state index contributed by atoms with van der Waals surface area (Å²) >= 11 is 0. The molecule has 1 aromatic heterocycles. The molecule has 5 nitrogen and oxygen atoms in total. The molecule has 124 valence electrons. The summed E-state index contributed by atoms with van der Waals surface area (Å²) < 4.78 is 0. The maximum Gasteiger partial charge on any atom is 0.253 e. The highest BCUT2D eigenvalue weighted by atomic mass is 16.3. The summed E-state index contributed by atoms with van der Waals surface area (Å²) in [6, 6.07) is 5.79. The maximum atomic E-state index is 12.8. The van der Waals surface area contributed by atoms with E-state index < -0.39 is 5.60 Å². The van der Waals surface area contributed by atoms with Crippen LogP contribution in [-0.2, 0) is 0 Å². The van der Waals surface area contributed by atoms with E-state index in [0.29, 0.717) is 31.6 Å². The first-order valence-corrected chi connectivity index (χ1v) is 8.04. The smallest absolute Gasteiger partial charge is 0.253 e. The van der Waals surface area contributed by atoms with Crippen molar-refractivity contribution in [1.82, 2.24) is 14.8 Å². The molecule has 1 aliphatic heterocycles. The molecule has 1 unspecified atom stereocenters. The number of rotatable bonds is 3. The number of fused-ring (bicyclic) bond motifs is 1. The third-order valence-electron chi connectivity index (χ3n) is 4.79. The lowest BCUT2D eigenvalue weighted by atomic mass is 10.0. The maximum absolute atomic E-state index is 12.8. The molecule has 23 heavy (non-hydrogen) atoms. The van der Waals surface area contributed by atoms with Gasteiger partial charge in [-0.05, 0) is 58.1 Å². The Bertz CT molecular complexity index is 750. The summed E-state index contributed by atoms with van der Waals surface area (Å²) in [4.78, 5) is 19.8. The molecule has 0 bridgehead atoms. The molecule has 0 spiro atoms. The van der Waals surface area contributed by atoms with Gasteiger partial charge in [0, 0.05) is 35.2 Å². The molecule has 3 rings (SSSR count). The minimum absolute atomic E-state index is 0.000154. The first-order valence-electron chi connectivity index (χ1n) is 8.04. The molecule has 5 heteroatoms. The van der Waals surface area contributed by atoms with E-state index in [1.807, 2.05) is 44.1 Å². The van der Waals surface area contributed by atoms with Crippen molar-refractivity contribution in [1.29, 1.82) is 0 Å². The van der Waals surface area contributed by atoms with Gasteiger partial charge in [0.05, 0.1) is 12.1 Å². The summed E-state index contributed by atoms with van der Waals surface area (Å²) in [6.45, 7) is 5.68. The van der Waals surface area contributed by atoms with E-state index in [0.717, 1.165) is 16.6 Å². The summed E-state index contributed by atoms with van der Waals surface area (Å²) in [5.74, 6) is -0.000154. The van der Waals surface area contributed by atoms with Crippen LogP contribution in [0.5, 0.6) is 0 Å². The predicted molar refractivity (Wildman–Crippen MR) is 91.8 cm³/mol. The second kappa shape index (κ2) is 5.65. The molecule has 1 amide bonds. The number of nitrogens with zero attached hydrogens (tertiary/aromatic N) is 2. The molecule has 0 saturated carbocycles. The Hall–Kier alpha value is -1.85. The fourth-order valence-electron chi connectivity index (χ4n) is 3.52. The van der Waals surface area contributed by atoms with Crippen molar-refractivity contribution in [3.05, 3.63) is 35.0 Å². The van der Waals surface area contributed by atoms with E-state index in [4.69, 9.17) is 0 Å². The van der Waals surface area contributed by atoms with Crippen molar-refractivity contribution in [2.75, 3.05) is 33.7 Å². The van der Waals surface area contributed by atoms with Crippen molar-refractivity contribution in [3.63, 3.8) is 0 Å². The Balaban J connectivity index is 1.82. The number of carbonyl (C=O) groups excluding carboxylic acids is 1. The Kier molecular flexibility index (Phi) is 3.94. The minimum atomic E-state index is -0.802. The van der Waals surface area contributed by atoms with Crippen LogP contribution in [0, 0.1) is 13.8 Å². The van der Waals surface area contributed by atoms with Crippen LogP contribution in [0.1, 0.15) is 28.0 Å². The van der Waals surface area contributed by atoms with Crippen LogP contribution in [0.3, 0.4) is 0 Å². The van der Waals surface area contributed by atoms with Gasteiger partial charge in [0.15, 0.2) is 0 Å². The largest absolute Gasteiger partial charge is 0.387 e. The highest BCUT2D eigenvalue weighted by Gasteiger charge is 2.38. The van der Waals surface area contributed by atoms with E-state index in [-0.39, 0.29) is 5.91 Å². The SMILES string of the molecule is Cc1[nH]c2ccc(C(=O)N3CCC(O)(CN(C)C)C3)cc2c1C. The zero-order chi connectivity index (χ0) is 16.8. The van der Waals surface area contributed by atoms with E-state index in [1.165, 1.54) is 5.56 Å². The van der Waals surface area contributed by atoms with Crippen LogP contribution < -0.4 is 0 Å². The second-order valence-corrected chi connectivity index (χ2v) is 7.07. The lowest BCUT2D eigenvalue weighted by Gasteiger charge is -2.26. The van der Waals surface area contributed by atoms with Gasteiger partial charge in [-0.25, -0.2) is 0 Å². The third kappa shape index (κ3) is 2.99. The number of likely N-dealkylation sites (N-methyl/N-ethyl adjacent to an activating group) is 1. The first kappa shape index (κ1) is 16.0. The van der Waals surface area contributed by atoms with E-state index in [2.05, 4.69) is 11.9 Å². The molecule has 1 fully saturated rings. The highest BCUT2D eigenvalue weighted by molar-refractivity contribution is 5.99. The number of likely N-dealkylation sites (tertiary alicyclic amines) is 1. The van der Waals surface area contributed by atoms with Crippen LogP contribution in [0.2, 0.25) is 0 Å². The third-order valence-corrected chi connectivity index (χ3v) is 4.79. The lowest BCUT2D eigenvalue weighted by molar-refractivity contribution is 0.0236. The van der Waals surface area contributed by atoms with Crippen molar-refractivity contribution >= 4 is 16.8 Å². The Morgan fingerprint density at radius 3 is 2.83 bits per heavy atom. The fraction of sp³-hybridized carbons (Fsp3) is 0.500. The summed E-state index contributed by atoms with van der Waals surface area (Å²) in [7, 11) is 3.88. The Morgan fingerprint density at radius 2 is 2.13 bits per heavy atom. The average molecular weight is 315 g/mol. The zero-order valence-corrected chi connectivity index (χ0v) is 14.3. The number of H-pyrrole nitrogens is 1. The quantitative estimate of drug-likeness (QED) is 0.910. The van der Waals surface area contributed by atoms with Crippen molar-refractivity contribution in [2.24, 2.45) is 0 Å². The van der Waals surface area contributed by atoms with Gasteiger partial charge in [0.2, 0.25) is 0 Å². The van der Waals surface area contributed by atoms with E-state index >= 15 is 0 Å². The number of aryl methyl sites for hydroxylation is 2. The van der Waals surface area contributed by atoms with Crippen molar-refractivity contribution < 1.29 is 9.90 Å². The van der Waals surface area contributed by atoms with Gasteiger partial charge in [-0.3, -0.25) is 4.79 Å². The first-order chi connectivity index (χ1) is 10.8. The number of hydrogen-bond donors (Lipinski definition) is 2. The monoisotopic (exact) mass is 315 g/mol. The molecule has 1 aromatic carbocycles. The molecule has 1 saturated heterocycles. The molecule has 0 radical (unpaired) electrons. The van der Waals surface area contributed by atoms with Gasteiger partial charge in [-0.2, -0.15) is 0 Å². The van der Waals surface area contributed by atoms with E-state index in [9.17, 15) is 9.90 Å². The van der Waals surface area contributed by atoms with Gasteiger partial charge >= 0.3 is 0 Å². The van der Waals surface area contributed by atoms with Crippen LogP contribution >= 0.6 is 0 Å². The molecule has 1 atom stereocenters. The number of aromatic nitrogens is 1. The molecule has 2 heterocycles. The number of benzene rings is 1. The standard InChI is InChI=1S/C18H25N3O2/c1-12-13(2)19-16-6-5-14(9-15(12)16)17(22)21-8-7-18(23,11-21)10-20(3)4/h5-6,9,19,23H,7-8,10-11H2,1-4H3. The van der Waals surface area contributed by atoms with Crippen LogP contribution in [0.15, 0.2) is 18.2 Å². The number of aliphatic hydroxyl groups is 1. The fourth-order valence-corrected chi connectivity index (χ4v) is 3.52. The predicted octanol–water partition coefficient (Wildman–Crippen LogP) is 1.92.